The Morgan fingerprint density at radius 1 is 1.40 bits per heavy atom. The fourth-order valence-electron chi connectivity index (χ4n) is 2.06. The van der Waals surface area contributed by atoms with Crippen molar-refractivity contribution in [2.75, 3.05) is 12.3 Å². The van der Waals surface area contributed by atoms with Crippen molar-refractivity contribution in [3.05, 3.63) is 53.2 Å². The van der Waals surface area contributed by atoms with Crippen molar-refractivity contribution in [1.82, 2.24) is 10.3 Å². The number of pyridine rings is 1. The molecule has 1 aromatic carbocycles. The van der Waals surface area contributed by atoms with E-state index in [0.29, 0.717) is 19.4 Å². The van der Waals surface area contributed by atoms with Gasteiger partial charge in [0.15, 0.2) is 11.6 Å². The predicted octanol–water partition coefficient (Wildman–Crippen LogP) is 2.66. The van der Waals surface area contributed by atoms with Gasteiger partial charge in [-0.3, -0.25) is 4.79 Å². The SMILES string of the molecule is C#CCCCOc1cccc(CNC(=O)c2cc(F)cnc2N)c1F. The van der Waals surface area contributed by atoms with Crippen molar-refractivity contribution < 1.29 is 18.3 Å². The fraction of sp³-hybridized carbons (Fsp3) is 0.222. The third-order valence-corrected chi connectivity index (χ3v) is 3.34. The molecule has 7 heteroatoms. The number of amides is 1. The Bertz CT molecular complexity index is 803. The monoisotopic (exact) mass is 345 g/mol. The molecule has 0 aliphatic heterocycles. The molecule has 1 heterocycles. The number of nitrogens with two attached hydrogens (primary N) is 1. The Hall–Kier alpha value is -3.14. The van der Waals surface area contributed by atoms with E-state index in [0.717, 1.165) is 12.3 Å². The molecule has 2 rings (SSSR count). The van der Waals surface area contributed by atoms with Gasteiger partial charge in [0.2, 0.25) is 0 Å². The lowest BCUT2D eigenvalue weighted by Gasteiger charge is -2.11. The number of carbonyl (C=O) groups is 1. The predicted molar refractivity (Wildman–Crippen MR) is 89.7 cm³/mol. The number of halogens is 2. The number of rotatable bonds is 7. The molecule has 1 aromatic heterocycles. The number of nitrogens with one attached hydrogen (secondary N) is 1. The lowest BCUT2D eigenvalue weighted by Crippen LogP contribution is -2.25. The van der Waals surface area contributed by atoms with Gasteiger partial charge in [0, 0.05) is 18.5 Å². The van der Waals surface area contributed by atoms with Crippen LogP contribution in [0.25, 0.3) is 0 Å². The summed E-state index contributed by atoms with van der Waals surface area (Å²) in [5.41, 5.74) is 5.66. The summed E-state index contributed by atoms with van der Waals surface area (Å²) in [5.74, 6) is 0.535. The Kier molecular flexibility index (Phi) is 6.29. The first kappa shape index (κ1) is 18.2. The van der Waals surface area contributed by atoms with E-state index in [9.17, 15) is 13.6 Å². The smallest absolute Gasteiger partial charge is 0.255 e. The molecular formula is C18H17F2N3O2. The minimum Gasteiger partial charge on any atom is -0.490 e. The first-order valence-electron chi connectivity index (χ1n) is 7.55. The van der Waals surface area contributed by atoms with Crippen LogP contribution in [0, 0.1) is 24.0 Å². The molecule has 3 N–H and O–H groups in total. The number of benzene rings is 1. The molecule has 1 amide bonds. The third-order valence-electron chi connectivity index (χ3n) is 3.34. The average molecular weight is 345 g/mol. The highest BCUT2D eigenvalue weighted by molar-refractivity contribution is 5.98. The number of nitrogen functional groups attached to an aromatic ring is 1. The van der Waals surface area contributed by atoms with Gasteiger partial charge in [-0.25, -0.2) is 13.8 Å². The number of hydrogen-bond acceptors (Lipinski definition) is 4. The van der Waals surface area contributed by atoms with Crippen LogP contribution < -0.4 is 15.8 Å². The molecule has 0 saturated heterocycles. The van der Waals surface area contributed by atoms with Crippen molar-refractivity contribution in [2.45, 2.75) is 19.4 Å². The molecule has 0 unspecified atom stereocenters. The van der Waals surface area contributed by atoms with Crippen LogP contribution in [0.1, 0.15) is 28.8 Å². The third kappa shape index (κ3) is 4.91. The zero-order valence-corrected chi connectivity index (χ0v) is 13.4. The maximum absolute atomic E-state index is 14.4. The van der Waals surface area contributed by atoms with Gasteiger partial charge in [-0.05, 0) is 18.6 Å². The summed E-state index contributed by atoms with van der Waals surface area (Å²) >= 11 is 0. The van der Waals surface area contributed by atoms with Gasteiger partial charge in [0.1, 0.15) is 11.6 Å². The Morgan fingerprint density at radius 2 is 2.20 bits per heavy atom. The molecule has 0 bridgehead atoms. The van der Waals surface area contributed by atoms with Crippen LogP contribution in [0.15, 0.2) is 30.5 Å². The summed E-state index contributed by atoms with van der Waals surface area (Å²) in [6, 6.07) is 5.58. The molecule has 0 aliphatic carbocycles. The van der Waals surface area contributed by atoms with Gasteiger partial charge in [-0.1, -0.05) is 12.1 Å². The zero-order valence-electron chi connectivity index (χ0n) is 13.4. The first-order valence-corrected chi connectivity index (χ1v) is 7.55. The summed E-state index contributed by atoms with van der Waals surface area (Å²) in [4.78, 5) is 15.6. The number of unbranched alkanes of at least 4 members (excludes halogenated alkanes) is 1. The molecule has 0 saturated carbocycles. The molecule has 0 aliphatic rings. The molecule has 0 radical (unpaired) electrons. The molecular weight excluding hydrogens is 328 g/mol. The maximum atomic E-state index is 14.4. The van der Waals surface area contributed by atoms with Crippen LogP contribution in [0.2, 0.25) is 0 Å². The van der Waals surface area contributed by atoms with Crippen LogP contribution in [0.3, 0.4) is 0 Å². The van der Waals surface area contributed by atoms with E-state index in [2.05, 4.69) is 16.2 Å². The molecule has 0 spiro atoms. The van der Waals surface area contributed by atoms with Gasteiger partial charge in [-0.2, -0.15) is 0 Å². The van der Waals surface area contributed by atoms with Crippen molar-refractivity contribution in [2.24, 2.45) is 0 Å². The normalized spacial score (nSPS) is 10.1. The van der Waals surface area contributed by atoms with Gasteiger partial charge in [0.05, 0.1) is 18.4 Å². The van der Waals surface area contributed by atoms with Crippen LogP contribution in [0.5, 0.6) is 5.75 Å². The highest BCUT2D eigenvalue weighted by Crippen LogP contribution is 2.21. The summed E-state index contributed by atoms with van der Waals surface area (Å²) in [6.07, 6.45) is 7.21. The largest absolute Gasteiger partial charge is 0.490 e. The number of ether oxygens (including phenoxy) is 1. The first-order chi connectivity index (χ1) is 12.0. The average Bonchev–Trinajstić information content (AvgIpc) is 2.60. The standard InChI is InChI=1S/C18H17F2N3O2/c1-2-3-4-8-25-15-7-5-6-12(16(15)20)10-23-18(24)14-9-13(19)11-22-17(14)21/h1,5-7,9,11H,3-4,8,10H2,(H2,21,22)(H,23,24). The number of nitrogens with zero attached hydrogens (tertiary/aromatic N) is 1. The van der Waals surface area contributed by atoms with Crippen LogP contribution in [-0.2, 0) is 6.54 Å². The number of carbonyl (C=O) groups excluding carboxylic acids is 1. The van der Waals surface area contributed by atoms with Gasteiger partial charge in [0.25, 0.3) is 5.91 Å². The lowest BCUT2D eigenvalue weighted by atomic mass is 10.2. The van der Waals surface area contributed by atoms with E-state index in [1.165, 1.54) is 12.1 Å². The molecule has 25 heavy (non-hydrogen) atoms. The second-order valence-electron chi connectivity index (χ2n) is 5.15. The molecule has 130 valence electrons. The number of hydrogen-bond donors (Lipinski definition) is 2. The summed E-state index contributed by atoms with van der Waals surface area (Å²) < 4.78 is 32.9. The second-order valence-corrected chi connectivity index (χ2v) is 5.15. The van der Waals surface area contributed by atoms with Crippen molar-refractivity contribution in [3.63, 3.8) is 0 Å². The Morgan fingerprint density at radius 3 is 2.96 bits per heavy atom. The number of aromatic nitrogens is 1. The summed E-state index contributed by atoms with van der Waals surface area (Å²) in [5, 5.41) is 2.48. The Labute approximate surface area is 144 Å². The quantitative estimate of drug-likeness (QED) is 0.597. The van der Waals surface area contributed by atoms with E-state index in [4.69, 9.17) is 16.9 Å². The highest BCUT2D eigenvalue weighted by atomic mass is 19.1. The topological polar surface area (TPSA) is 77.2 Å². The van der Waals surface area contributed by atoms with Gasteiger partial charge >= 0.3 is 0 Å². The van der Waals surface area contributed by atoms with Gasteiger partial charge in [-0.15, -0.1) is 12.3 Å². The van der Waals surface area contributed by atoms with E-state index in [1.807, 2.05) is 0 Å². The molecule has 5 nitrogen and oxygen atoms in total. The van der Waals surface area contributed by atoms with Crippen LogP contribution in [-0.4, -0.2) is 17.5 Å². The zero-order chi connectivity index (χ0) is 18.2. The van der Waals surface area contributed by atoms with Crippen molar-refractivity contribution >= 4 is 11.7 Å². The van der Waals surface area contributed by atoms with E-state index in [-0.39, 0.29) is 29.2 Å². The molecule has 2 aromatic rings. The van der Waals surface area contributed by atoms with E-state index < -0.39 is 17.5 Å². The molecule has 0 fully saturated rings. The summed E-state index contributed by atoms with van der Waals surface area (Å²) in [7, 11) is 0. The minimum atomic E-state index is -0.687. The van der Waals surface area contributed by atoms with Crippen LogP contribution >= 0.6 is 0 Å². The number of anilines is 1. The maximum Gasteiger partial charge on any atom is 0.255 e. The highest BCUT2D eigenvalue weighted by Gasteiger charge is 2.14. The van der Waals surface area contributed by atoms with Crippen molar-refractivity contribution in [1.29, 1.82) is 0 Å². The minimum absolute atomic E-state index is 0.0794. The number of terminal acetylenes is 1. The summed E-state index contributed by atoms with van der Waals surface area (Å²) in [6.45, 7) is 0.185. The van der Waals surface area contributed by atoms with Crippen LogP contribution in [0.4, 0.5) is 14.6 Å². The second kappa shape index (κ2) is 8.64. The lowest BCUT2D eigenvalue weighted by molar-refractivity contribution is 0.0950. The van der Waals surface area contributed by atoms with Crippen molar-refractivity contribution in [3.8, 4) is 18.1 Å². The van der Waals surface area contributed by atoms with E-state index >= 15 is 0 Å². The molecule has 0 atom stereocenters. The Balaban J connectivity index is 2.02. The van der Waals surface area contributed by atoms with E-state index in [1.54, 1.807) is 6.07 Å². The van der Waals surface area contributed by atoms with Gasteiger partial charge < -0.3 is 15.8 Å². The fourth-order valence-corrected chi connectivity index (χ4v) is 2.06.